The summed E-state index contributed by atoms with van der Waals surface area (Å²) < 4.78 is 0. The largest absolute Gasteiger partial charge is 0.324 e. The van der Waals surface area contributed by atoms with Crippen molar-refractivity contribution < 1.29 is 0 Å². The van der Waals surface area contributed by atoms with Crippen molar-refractivity contribution in [3.8, 4) is 0 Å². The number of aromatic nitrogens is 4. The van der Waals surface area contributed by atoms with E-state index in [4.69, 9.17) is 11.6 Å². The van der Waals surface area contributed by atoms with Crippen molar-refractivity contribution in [3.63, 3.8) is 0 Å². The number of anilines is 4. The summed E-state index contributed by atoms with van der Waals surface area (Å²) in [6.45, 7) is 1.95. The van der Waals surface area contributed by atoms with E-state index in [0.29, 0.717) is 22.6 Å². The lowest BCUT2D eigenvalue weighted by Gasteiger charge is -2.10. The molecule has 7 heteroatoms. The second kappa shape index (κ2) is 6.41. The molecule has 2 heterocycles. The van der Waals surface area contributed by atoms with E-state index in [1.54, 1.807) is 0 Å². The average Bonchev–Trinajstić information content (AvgIpc) is 3.02. The second-order valence-electron chi connectivity index (χ2n) is 5.61. The topological polar surface area (TPSA) is 78.5 Å². The molecule has 0 unspecified atom stereocenters. The monoisotopic (exact) mass is 350 g/mol. The molecule has 3 N–H and O–H groups in total. The molecule has 0 atom stereocenters. The van der Waals surface area contributed by atoms with Crippen LogP contribution in [0.1, 0.15) is 5.69 Å². The molecule has 0 spiro atoms. The van der Waals surface area contributed by atoms with Gasteiger partial charge >= 0.3 is 0 Å². The summed E-state index contributed by atoms with van der Waals surface area (Å²) >= 11 is 5.93. The lowest BCUT2D eigenvalue weighted by atomic mass is 10.2. The van der Waals surface area contributed by atoms with E-state index < -0.39 is 0 Å². The highest BCUT2D eigenvalue weighted by molar-refractivity contribution is 6.30. The van der Waals surface area contributed by atoms with E-state index in [2.05, 4.69) is 30.8 Å². The predicted octanol–water partition coefficient (Wildman–Crippen LogP) is 4.80. The molecule has 6 nitrogen and oxygen atoms in total. The third-order valence-electron chi connectivity index (χ3n) is 3.66. The predicted molar refractivity (Wildman–Crippen MR) is 101 cm³/mol. The minimum Gasteiger partial charge on any atom is -0.324 e. The standard InChI is InChI=1S/C18H15ClN6/c1-11-10-16(25-24-11)22-17-14-4-2-3-5-15(14)21-18(23-17)20-13-8-6-12(19)7-9-13/h2-10H,1H3,(H3,20,21,22,23,24,25). The Labute approximate surface area is 149 Å². The molecule has 0 saturated heterocycles. The number of benzene rings is 2. The molecule has 4 aromatic rings. The summed E-state index contributed by atoms with van der Waals surface area (Å²) in [5.41, 5.74) is 2.67. The number of aryl methyl sites for hydroxylation is 1. The van der Waals surface area contributed by atoms with Gasteiger partial charge in [-0.25, -0.2) is 4.98 Å². The fourth-order valence-electron chi connectivity index (χ4n) is 2.49. The van der Waals surface area contributed by atoms with Crippen LogP contribution < -0.4 is 10.6 Å². The number of para-hydroxylation sites is 1. The fraction of sp³-hybridized carbons (Fsp3) is 0.0556. The molecule has 0 aliphatic rings. The van der Waals surface area contributed by atoms with Crippen LogP contribution in [0.15, 0.2) is 54.6 Å². The maximum Gasteiger partial charge on any atom is 0.229 e. The van der Waals surface area contributed by atoms with Crippen molar-refractivity contribution >= 4 is 45.8 Å². The smallest absolute Gasteiger partial charge is 0.229 e. The molecule has 25 heavy (non-hydrogen) atoms. The molecule has 0 radical (unpaired) electrons. The van der Waals surface area contributed by atoms with Crippen LogP contribution in [-0.2, 0) is 0 Å². The molecule has 0 fully saturated rings. The number of aromatic amines is 1. The SMILES string of the molecule is Cc1cc(Nc2nc(Nc3ccc(Cl)cc3)nc3ccccc23)n[nH]1. The van der Waals surface area contributed by atoms with Gasteiger partial charge in [0.15, 0.2) is 5.82 Å². The molecule has 0 bridgehead atoms. The average molecular weight is 351 g/mol. The first kappa shape index (κ1) is 15.4. The molecule has 2 aromatic heterocycles. The van der Waals surface area contributed by atoms with E-state index in [1.807, 2.05) is 61.5 Å². The number of nitrogens with one attached hydrogen (secondary N) is 3. The highest BCUT2D eigenvalue weighted by atomic mass is 35.5. The maximum absolute atomic E-state index is 5.93. The lowest BCUT2D eigenvalue weighted by molar-refractivity contribution is 1.05. The molecular weight excluding hydrogens is 336 g/mol. The van der Waals surface area contributed by atoms with Gasteiger partial charge in [-0.05, 0) is 43.3 Å². The zero-order valence-electron chi connectivity index (χ0n) is 13.4. The number of rotatable bonds is 4. The van der Waals surface area contributed by atoms with Gasteiger partial charge in [0, 0.05) is 27.9 Å². The van der Waals surface area contributed by atoms with Gasteiger partial charge in [-0.15, -0.1) is 0 Å². The summed E-state index contributed by atoms with van der Waals surface area (Å²) in [7, 11) is 0. The third-order valence-corrected chi connectivity index (χ3v) is 3.91. The van der Waals surface area contributed by atoms with E-state index in [-0.39, 0.29) is 0 Å². The number of H-pyrrole nitrogens is 1. The third kappa shape index (κ3) is 3.39. The van der Waals surface area contributed by atoms with Crippen molar-refractivity contribution in [1.29, 1.82) is 0 Å². The van der Waals surface area contributed by atoms with Gasteiger partial charge in [-0.3, -0.25) is 5.10 Å². The van der Waals surface area contributed by atoms with Gasteiger partial charge in [0.2, 0.25) is 5.95 Å². The summed E-state index contributed by atoms with van der Waals surface area (Å²) in [4.78, 5) is 9.18. The van der Waals surface area contributed by atoms with Crippen LogP contribution >= 0.6 is 11.6 Å². The van der Waals surface area contributed by atoms with E-state index in [9.17, 15) is 0 Å². The van der Waals surface area contributed by atoms with Crippen LogP contribution in [0, 0.1) is 6.92 Å². The van der Waals surface area contributed by atoms with E-state index >= 15 is 0 Å². The van der Waals surface area contributed by atoms with Crippen molar-refractivity contribution in [2.45, 2.75) is 6.92 Å². The van der Waals surface area contributed by atoms with Crippen LogP contribution in [0.3, 0.4) is 0 Å². The molecule has 2 aromatic carbocycles. The minimum atomic E-state index is 0.496. The molecule has 0 aliphatic heterocycles. The summed E-state index contributed by atoms with van der Waals surface area (Å²) in [6.07, 6.45) is 0. The van der Waals surface area contributed by atoms with Gasteiger partial charge in [0.25, 0.3) is 0 Å². The van der Waals surface area contributed by atoms with Crippen LogP contribution in [0.25, 0.3) is 10.9 Å². The van der Waals surface area contributed by atoms with Gasteiger partial charge in [-0.2, -0.15) is 10.1 Å². The lowest BCUT2D eigenvalue weighted by Crippen LogP contribution is -2.02. The summed E-state index contributed by atoms with van der Waals surface area (Å²) in [5.74, 6) is 1.89. The Morgan fingerprint density at radius 1 is 0.960 bits per heavy atom. The van der Waals surface area contributed by atoms with Gasteiger partial charge in [-0.1, -0.05) is 23.7 Å². The molecule has 124 valence electrons. The van der Waals surface area contributed by atoms with Crippen molar-refractivity contribution in [2.75, 3.05) is 10.6 Å². The van der Waals surface area contributed by atoms with Crippen molar-refractivity contribution in [3.05, 3.63) is 65.3 Å². The van der Waals surface area contributed by atoms with E-state index in [1.165, 1.54) is 0 Å². The second-order valence-corrected chi connectivity index (χ2v) is 6.04. The zero-order chi connectivity index (χ0) is 17.2. The number of hydrogen-bond acceptors (Lipinski definition) is 5. The van der Waals surface area contributed by atoms with Gasteiger partial charge in [0.1, 0.15) is 5.82 Å². The van der Waals surface area contributed by atoms with Gasteiger partial charge in [0.05, 0.1) is 5.52 Å². The number of nitrogens with zero attached hydrogens (tertiary/aromatic N) is 3. The van der Waals surface area contributed by atoms with Crippen molar-refractivity contribution in [1.82, 2.24) is 20.2 Å². The zero-order valence-corrected chi connectivity index (χ0v) is 14.2. The Hall–Kier alpha value is -3.12. The van der Waals surface area contributed by atoms with Gasteiger partial charge < -0.3 is 10.6 Å². The first-order valence-electron chi connectivity index (χ1n) is 7.76. The van der Waals surface area contributed by atoms with Crippen LogP contribution in [0.4, 0.5) is 23.3 Å². The highest BCUT2D eigenvalue weighted by Gasteiger charge is 2.09. The Morgan fingerprint density at radius 3 is 2.52 bits per heavy atom. The van der Waals surface area contributed by atoms with Crippen LogP contribution in [-0.4, -0.2) is 20.2 Å². The molecule has 0 amide bonds. The number of hydrogen-bond donors (Lipinski definition) is 3. The first-order chi connectivity index (χ1) is 12.2. The Morgan fingerprint density at radius 2 is 1.76 bits per heavy atom. The Balaban J connectivity index is 1.73. The number of halogens is 1. The number of fused-ring (bicyclic) bond motifs is 1. The fourth-order valence-corrected chi connectivity index (χ4v) is 2.62. The Bertz CT molecular complexity index is 1030. The Kier molecular flexibility index (Phi) is 3.95. The van der Waals surface area contributed by atoms with Crippen LogP contribution in [0.2, 0.25) is 5.02 Å². The maximum atomic E-state index is 5.93. The quantitative estimate of drug-likeness (QED) is 0.492. The summed E-state index contributed by atoms with van der Waals surface area (Å²) in [6, 6.07) is 17.1. The van der Waals surface area contributed by atoms with E-state index in [0.717, 1.165) is 22.3 Å². The first-order valence-corrected chi connectivity index (χ1v) is 8.13. The molecule has 0 saturated carbocycles. The molecule has 0 aliphatic carbocycles. The normalized spacial score (nSPS) is 10.8. The highest BCUT2D eigenvalue weighted by Crippen LogP contribution is 2.26. The van der Waals surface area contributed by atoms with Crippen molar-refractivity contribution in [2.24, 2.45) is 0 Å². The molecule has 4 rings (SSSR count). The molecular formula is C18H15ClN6. The van der Waals surface area contributed by atoms with Crippen LogP contribution in [0.5, 0.6) is 0 Å². The minimum absolute atomic E-state index is 0.496. The summed E-state index contributed by atoms with van der Waals surface area (Å²) in [5, 5.41) is 15.2.